The summed E-state index contributed by atoms with van der Waals surface area (Å²) < 4.78 is 24.3. The first-order valence-electron chi connectivity index (χ1n) is 10.3. The van der Waals surface area contributed by atoms with Gasteiger partial charge in [-0.2, -0.15) is 0 Å². The molecule has 7 heteroatoms. The molecule has 1 heterocycles. The van der Waals surface area contributed by atoms with E-state index in [1.807, 2.05) is 31.2 Å². The van der Waals surface area contributed by atoms with Gasteiger partial charge in [-0.05, 0) is 55.0 Å². The Hall–Kier alpha value is -3.87. The highest BCUT2D eigenvalue weighted by Crippen LogP contribution is 2.34. The lowest BCUT2D eigenvalue weighted by molar-refractivity contribution is -0.121. The normalized spacial score (nSPS) is 12.7. The lowest BCUT2D eigenvalue weighted by Gasteiger charge is -2.29. The van der Waals surface area contributed by atoms with Crippen molar-refractivity contribution in [1.82, 2.24) is 0 Å². The smallest absolute Gasteiger partial charge is 0.265 e. The van der Waals surface area contributed by atoms with Crippen molar-refractivity contribution >= 4 is 23.2 Å². The van der Waals surface area contributed by atoms with Crippen LogP contribution in [0.2, 0.25) is 0 Å². The Morgan fingerprint density at radius 1 is 1.09 bits per heavy atom. The zero-order valence-corrected chi connectivity index (χ0v) is 17.6. The Morgan fingerprint density at radius 3 is 2.59 bits per heavy atom. The molecule has 0 atom stereocenters. The summed E-state index contributed by atoms with van der Waals surface area (Å²) in [6.07, 6.45) is 0.112. The second-order valence-corrected chi connectivity index (χ2v) is 7.53. The first-order valence-corrected chi connectivity index (χ1v) is 10.3. The summed E-state index contributed by atoms with van der Waals surface area (Å²) in [6, 6.07) is 18.6. The van der Waals surface area contributed by atoms with Crippen LogP contribution in [0.3, 0.4) is 0 Å². The fourth-order valence-electron chi connectivity index (χ4n) is 3.41. The van der Waals surface area contributed by atoms with Crippen molar-refractivity contribution in [2.45, 2.75) is 13.3 Å². The molecule has 2 amide bonds. The van der Waals surface area contributed by atoms with Gasteiger partial charge in [0, 0.05) is 5.69 Å². The van der Waals surface area contributed by atoms with Crippen LogP contribution in [0.4, 0.5) is 15.8 Å². The maximum atomic E-state index is 13.0. The van der Waals surface area contributed by atoms with E-state index in [2.05, 4.69) is 5.32 Å². The molecule has 0 aliphatic carbocycles. The van der Waals surface area contributed by atoms with Gasteiger partial charge in [-0.25, -0.2) is 4.39 Å². The Balaban J connectivity index is 1.42. The molecule has 1 aliphatic heterocycles. The molecular formula is C25H23FN2O4. The van der Waals surface area contributed by atoms with E-state index in [1.165, 1.54) is 12.1 Å². The van der Waals surface area contributed by atoms with Gasteiger partial charge in [0.15, 0.2) is 6.61 Å². The molecule has 3 aromatic carbocycles. The molecule has 32 heavy (non-hydrogen) atoms. The largest absolute Gasteiger partial charge is 0.492 e. The summed E-state index contributed by atoms with van der Waals surface area (Å²) in [5, 5.41) is 2.82. The van der Waals surface area contributed by atoms with Crippen LogP contribution in [0.1, 0.15) is 11.1 Å². The summed E-state index contributed by atoms with van der Waals surface area (Å²) in [6.45, 7) is 2.61. The first kappa shape index (κ1) is 21.4. The standard InChI is InChI=1S/C25H23FN2O4/c1-17-2-9-21(10-3-17)31-13-12-28-22-15-20(8-11-23(22)32-16-25(28)30)27-24(29)14-18-4-6-19(26)7-5-18/h2-11,15H,12-14,16H2,1H3,(H,27,29). The Kier molecular flexibility index (Phi) is 6.35. The molecule has 0 unspecified atom stereocenters. The van der Waals surface area contributed by atoms with Crippen LogP contribution in [-0.4, -0.2) is 31.6 Å². The number of carbonyl (C=O) groups is 2. The number of nitrogens with one attached hydrogen (secondary N) is 1. The van der Waals surface area contributed by atoms with Gasteiger partial charge in [0.2, 0.25) is 5.91 Å². The number of aryl methyl sites for hydroxylation is 1. The molecule has 0 aromatic heterocycles. The number of benzene rings is 3. The van der Waals surface area contributed by atoms with E-state index in [-0.39, 0.29) is 30.7 Å². The highest BCUT2D eigenvalue weighted by Gasteiger charge is 2.26. The molecule has 3 aromatic rings. The number of anilines is 2. The van der Waals surface area contributed by atoms with Crippen molar-refractivity contribution in [3.05, 3.63) is 83.7 Å². The minimum Gasteiger partial charge on any atom is -0.492 e. The number of hydrogen-bond donors (Lipinski definition) is 1. The lowest BCUT2D eigenvalue weighted by atomic mass is 10.1. The third-order valence-corrected chi connectivity index (χ3v) is 5.07. The molecule has 0 fully saturated rings. The predicted molar refractivity (Wildman–Crippen MR) is 120 cm³/mol. The second-order valence-electron chi connectivity index (χ2n) is 7.53. The van der Waals surface area contributed by atoms with E-state index >= 15 is 0 Å². The Morgan fingerprint density at radius 2 is 1.84 bits per heavy atom. The SMILES string of the molecule is Cc1ccc(OCCN2C(=O)COc3ccc(NC(=O)Cc4ccc(F)cc4)cc32)cc1. The van der Waals surface area contributed by atoms with Gasteiger partial charge < -0.3 is 19.7 Å². The number of amides is 2. The van der Waals surface area contributed by atoms with E-state index in [0.717, 1.165) is 11.3 Å². The lowest BCUT2D eigenvalue weighted by Crippen LogP contribution is -2.41. The maximum Gasteiger partial charge on any atom is 0.265 e. The van der Waals surface area contributed by atoms with Crippen LogP contribution < -0.4 is 19.7 Å². The van der Waals surface area contributed by atoms with E-state index in [4.69, 9.17) is 9.47 Å². The summed E-state index contributed by atoms with van der Waals surface area (Å²) in [4.78, 5) is 26.5. The van der Waals surface area contributed by atoms with Gasteiger partial charge in [-0.3, -0.25) is 9.59 Å². The molecule has 164 valence electrons. The van der Waals surface area contributed by atoms with Crippen LogP contribution in [0.15, 0.2) is 66.7 Å². The number of rotatable bonds is 7. The second kappa shape index (κ2) is 9.51. The monoisotopic (exact) mass is 434 g/mol. The minimum atomic E-state index is -0.347. The van der Waals surface area contributed by atoms with E-state index < -0.39 is 0 Å². The number of carbonyl (C=O) groups excluding carboxylic acids is 2. The van der Waals surface area contributed by atoms with Gasteiger partial charge in [0.25, 0.3) is 5.91 Å². The molecule has 4 rings (SSSR count). The van der Waals surface area contributed by atoms with Gasteiger partial charge in [-0.15, -0.1) is 0 Å². The summed E-state index contributed by atoms with van der Waals surface area (Å²) in [5.74, 6) is 0.531. The van der Waals surface area contributed by atoms with Crippen LogP contribution in [0.25, 0.3) is 0 Å². The third-order valence-electron chi connectivity index (χ3n) is 5.07. The summed E-state index contributed by atoms with van der Waals surface area (Å²) in [5.41, 5.74) is 2.96. The van der Waals surface area contributed by atoms with Gasteiger partial charge in [0.1, 0.15) is 23.9 Å². The molecular weight excluding hydrogens is 411 g/mol. The average Bonchev–Trinajstić information content (AvgIpc) is 2.78. The van der Waals surface area contributed by atoms with Crippen LogP contribution in [0.5, 0.6) is 11.5 Å². The minimum absolute atomic E-state index is 0.0478. The van der Waals surface area contributed by atoms with Gasteiger partial charge in [-0.1, -0.05) is 29.8 Å². The molecule has 0 saturated carbocycles. The van der Waals surface area contributed by atoms with Crippen molar-refractivity contribution < 1.29 is 23.5 Å². The van der Waals surface area contributed by atoms with Gasteiger partial charge >= 0.3 is 0 Å². The fourth-order valence-corrected chi connectivity index (χ4v) is 3.41. The number of halogens is 1. The Labute approximate surface area is 185 Å². The quantitative estimate of drug-likeness (QED) is 0.608. The molecule has 1 aliphatic rings. The van der Waals surface area contributed by atoms with Crippen molar-refractivity contribution in [3.8, 4) is 11.5 Å². The van der Waals surface area contributed by atoms with Crippen molar-refractivity contribution in [3.63, 3.8) is 0 Å². The number of hydrogen-bond acceptors (Lipinski definition) is 4. The average molecular weight is 434 g/mol. The topological polar surface area (TPSA) is 67.9 Å². The summed E-state index contributed by atoms with van der Waals surface area (Å²) >= 11 is 0. The summed E-state index contributed by atoms with van der Waals surface area (Å²) in [7, 11) is 0. The predicted octanol–water partition coefficient (Wildman–Crippen LogP) is 4.12. The molecule has 0 spiro atoms. The molecule has 0 saturated heterocycles. The zero-order valence-electron chi connectivity index (χ0n) is 17.6. The maximum absolute atomic E-state index is 13.0. The molecule has 1 N–H and O–H groups in total. The fraction of sp³-hybridized carbons (Fsp3) is 0.200. The van der Waals surface area contributed by atoms with Crippen LogP contribution >= 0.6 is 0 Å². The molecule has 0 radical (unpaired) electrons. The highest BCUT2D eigenvalue weighted by atomic mass is 19.1. The molecule has 0 bridgehead atoms. The van der Waals surface area contributed by atoms with Crippen molar-refractivity contribution in [2.75, 3.05) is 30.0 Å². The number of fused-ring (bicyclic) bond motifs is 1. The van der Waals surface area contributed by atoms with Crippen LogP contribution in [0, 0.1) is 12.7 Å². The highest BCUT2D eigenvalue weighted by molar-refractivity contribution is 5.99. The van der Waals surface area contributed by atoms with Gasteiger partial charge in [0.05, 0.1) is 18.7 Å². The van der Waals surface area contributed by atoms with E-state index in [1.54, 1.807) is 35.2 Å². The van der Waals surface area contributed by atoms with E-state index in [0.29, 0.717) is 35.8 Å². The van der Waals surface area contributed by atoms with E-state index in [9.17, 15) is 14.0 Å². The number of ether oxygens (including phenoxy) is 2. The zero-order chi connectivity index (χ0) is 22.5. The third kappa shape index (κ3) is 5.24. The molecule has 6 nitrogen and oxygen atoms in total. The first-order chi connectivity index (χ1) is 15.5. The number of nitrogens with zero attached hydrogens (tertiary/aromatic N) is 1. The van der Waals surface area contributed by atoms with Crippen LogP contribution in [-0.2, 0) is 16.0 Å². The Bertz CT molecular complexity index is 1110. The van der Waals surface area contributed by atoms with Crippen molar-refractivity contribution in [2.24, 2.45) is 0 Å². The van der Waals surface area contributed by atoms with Crippen molar-refractivity contribution in [1.29, 1.82) is 0 Å².